The number of amides is 3. The Bertz CT molecular complexity index is 694. The van der Waals surface area contributed by atoms with Crippen LogP contribution in [0, 0.1) is 5.92 Å². The molecule has 2 rings (SSSR count). The fraction of sp³-hybridized carbons (Fsp3) is 0.500. The van der Waals surface area contributed by atoms with Gasteiger partial charge in [0.2, 0.25) is 0 Å². The fourth-order valence-corrected chi connectivity index (χ4v) is 2.93. The van der Waals surface area contributed by atoms with Crippen LogP contribution in [0.4, 0.5) is 0 Å². The highest BCUT2D eigenvalue weighted by Crippen LogP contribution is 2.27. The highest BCUT2D eigenvalue weighted by atomic mass is 16.5. The number of imide groups is 1. The van der Waals surface area contributed by atoms with E-state index in [2.05, 4.69) is 5.32 Å². The number of esters is 1. The first-order valence-electron chi connectivity index (χ1n) is 9.27. The van der Waals surface area contributed by atoms with Crippen LogP contribution in [0.15, 0.2) is 24.3 Å². The lowest BCUT2D eigenvalue weighted by atomic mass is 10.0. The first-order chi connectivity index (χ1) is 12.9. The molecule has 1 aliphatic heterocycles. The second-order valence-electron chi connectivity index (χ2n) is 6.98. The van der Waals surface area contributed by atoms with Crippen LogP contribution in [0.2, 0.25) is 0 Å². The zero-order valence-electron chi connectivity index (χ0n) is 16.0. The molecule has 1 aromatic carbocycles. The number of carbonyl (C=O) groups excluding carboxylic acids is 4. The smallest absolute Gasteiger partial charge is 0.329 e. The molecule has 0 spiro atoms. The Labute approximate surface area is 159 Å². The summed E-state index contributed by atoms with van der Waals surface area (Å²) in [6, 6.07) is 5.41. The highest BCUT2D eigenvalue weighted by molar-refractivity contribution is 6.22. The number of hydrogen-bond donors (Lipinski definition) is 1. The Balaban J connectivity index is 2.09. The Hall–Kier alpha value is -2.70. The highest BCUT2D eigenvalue weighted by Gasteiger charge is 2.43. The van der Waals surface area contributed by atoms with Crippen LogP contribution in [-0.4, -0.2) is 47.8 Å². The van der Waals surface area contributed by atoms with Gasteiger partial charge in [-0.25, -0.2) is 4.79 Å². The predicted molar refractivity (Wildman–Crippen MR) is 99.1 cm³/mol. The summed E-state index contributed by atoms with van der Waals surface area (Å²) in [4.78, 5) is 50.6. The van der Waals surface area contributed by atoms with E-state index in [0.29, 0.717) is 6.54 Å². The van der Waals surface area contributed by atoms with E-state index >= 15 is 0 Å². The first kappa shape index (κ1) is 20.6. The minimum Gasteiger partial charge on any atom is -0.454 e. The Morgan fingerprint density at radius 3 is 2.22 bits per heavy atom. The Morgan fingerprint density at radius 2 is 1.70 bits per heavy atom. The second-order valence-corrected chi connectivity index (χ2v) is 6.98. The molecule has 0 saturated carbocycles. The maximum atomic E-state index is 12.7. The topological polar surface area (TPSA) is 92.8 Å². The van der Waals surface area contributed by atoms with Crippen LogP contribution in [0.1, 0.15) is 60.7 Å². The summed E-state index contributed by atoms with van der Waals surface area (Å²) in [7, 11) is 0. The number of carbonyl (C=O) groups is 4. The van der Waals surface area contributed by atoms with Crippen molar-refractivity contribution in [3.63, 3.8) is 0 Å². The average Bonchev–Trinajstić information content (AvgIpc) is 2.89. The SMILES string of the molecule is CCCCNC(=O)COC(=O)[C@@H](CC(C)C)N1C(=O)c2ccccc2C1=O. The number of fused-ring (bicyclic) bond motifs is 1. The van der Waals surface area contributed by atoms with Crippen molar-refractivity contribution in [3.05, 3.63) is 35.4 Å². The molecule has 0 bridgehead atoms. The predicted octanol–water partition coefficient (Wildman–Crippen LogP) is 2.16. The van der Waals surface area contributed by atoms with Crippen LogP contribution >= 0.6 is 0 Å². The van der Waals surface area contributed by atoms with Gasteiger partial charge in [-0.1, -0.05) is 39.3 Å². The molecule has 0 fully saturated rings. The largest absolute Gasteiger partial charge is 0.454 e. The zero-order chi connectivity index (χ0) is 20.0. The molecule has 1 atom stereocenters. The van der Waals surface area contributed by atoms with Gasteiger partial charge in [-0.2, -0.15) is 0 Å². The van der Waals surface area contributed by atoms with Gasteiger partial charge >= 0.3 is 5.97 Å². The summed E-state index contributed by atoms with van der Waals surface area (Å²) in [5, 5.41) is 2.66. The van der Waals surface area contributed by atoms with Gasteiger partial charge in [0.05, 0.1) is 11.1 Å². The van der Waals surface area contributed by atoms with Gasteiger partial charge in [-0.15, -0.1) is 0 Å². The molecule has 0 aromatic heterocycles. The summed E-state index contributed by atoms with van der Waals surface area (Å²) in [6.07, 6.45) is 2.04. The van der Waals surface area contributed by atoms with E-state index in [1.54, 1.807) is 24.3 Å². The van der Waals surface area contributed by atoms with Gasteiger partial charge in [-0.05, 0) is 30.9 Å². The molecular formula is C20H26N2O5. The molecule has 7 nitrogen and oxygen atoms in total. The fourth-order valence-electron chi connectivity index (χ4n) is 2.93. The van der Waals surface area contributed by atoms with Gasteiger partial charge < -0.3 is 10.1 Å². The molecule has 27 heavy (non-hydrogen) atoms. The second kappa shape index (κ2) is 9.30. The maximum Gasteiger partial charge on any atom is 0.329 e. The van der Waals surface area contributed by atoms with Crippen molar-refractivity contribution in [1.29, 1.82) is 0 Å². The third-order valence-corrected chi connectivity index (χ3v) is 4.30. The van der Waals surface area contributed by atoms with Crippen molar-refractivity contribution < 1.29 is 23.9 Å². The van der Waals surface area contributed by atoms with Crippen LogP contribution in [0.5, 0.6) is 0 Å². The summed E-state index contributed by atoms with van der Waals surface area (Å²) >= 11 is 0. The molecule has 0 aliphatic carbocycles. The van der Waals surface area contributed by atoms with E-state index in [4.69, 9.17) is 4.74 Å². The monoisotopic (exact) mass is 374 g/mol. The maximum absolute atomic E-state index is 12.7. The van der Waals surface area contributed by atoms with Crippen molar-refractivity contribution in [1.82, 2.24) is 10.2 Å². The normalized spacial score (nSPS) is 14.3. The zero-order valence-corrected chi connectivity index (χ0v) is 16.0. The number of nitrogens with zero attached hydrogens (tertiary/aromatic N) is 1. The van der Waals surface area contributed by atoms with E-state index in [9.17, 15) is 19.2 Å². The summed E-state index contributed by atoms with van der Waals surface area (Å²) in [5.41, 5.74) is 0.558. The summed E-state index contributed by atoms with van der Waals surface area (Å²) in [5.74, 6) is -2.12. The van der Waals surface area contributed by atoms with E-state index in [1.165, 1.54) is 0 Å². The number of nitrogens with one attached hydrogen (secondary N) is 1. The molecule has 1 N–H and O–H groups in total. The van der Waals surface area contributed by atoms with Gasteiger partial charge in [0.15, 0.2) is 6.61 Å². The van der Waals surface area contributed by atoms with Crippen LogP contribution in [-0.2, 0) is 14.3 Å². The van der Waals surface area contributed by atoms with E-state index in [0.717, 1.165) is 17.7 Å². The molecular weight excluding hydrogens is 348 g/mol. The Kier molecular flexibility index (Phi) is 7.10. The standard InChI is InChI=1S/C20H26N2O5/c1-4-5-10-21-17(23)12-27-20(26)16(11-13(2)3)22-18(24)14-8-6-7-9-15(14)19(22)25/h6-9,13,16H,4-5,10-12H2,1-3H3,(H,21,23)/t16-/m1/s1. The molecule has 7 heteroatoms. The number of benzene rings is 1. The third-order valence-electron chi connectivity index (χ3n) is 4.30. The van der Waals surface area contributed by atoms with Crippen LogP contribution < -0.4 is 5.32 Å². The van der Waals surface area contributed by atoms with Crippen LogP contribution in [0.3, 0.4) is 0 Å². The van der Waals surface area contributed by atoms with Crippen molar-refractivity contribution in [2.24, 2.45) is 5.92 Å². The molecule has 1 heterocycles. The van der Waals surface area contributed by atoms with Gasteiger partial charge in [0, 0.05) is 6.54 Å². The lowest BCUT2D eigenvalue weighted by Crippen LogP contribution is -2.47. The minimum atomic E-state index is -1.05. The quantitative estimate of drug-likeness (QED) is 0.406. The molecule has 0 unspecified atom stereocenters. The van der Waals surface area contributed by atoms with Gasteiger partial charge in [-0.3, -0.25) is 19.3 Å². The van der Waals surface area contributed by atoms with E-state index < -0.39 is 36.3 Å². The van der Waals surface area contributed by atoms with Crippen molar-refractivity contribution >= 4 is 23.7 Å². The molecule has 3 amide bonds. The summed E-state index contributed by atoms with van der Waals surface area (Å²) in [6.45, 7) is 5.86. The molecule has 146 valence electrons. The van der Waals surface area contributed by atoms with Crippen molar-refractivity contribution in [3.8, 4) is 0 Å². The minimum absolute atomic E-state index is 0.0465. The lowest BCUT2D eigenvalue weighted by Gasteiger charge is -2.25. The van der Waals surface area contributed by atoms with Gasteiger partial charge in [0.1, 0.15) is 6.04 Å². The van der Waals surface area contributed by atoms with E-state index in [1.807, 2.05) is 20.8 Å². The van der Waals surface area contributed by atoms with Gasteiger partial charge in [0.25, 0.3) is 17.7 Å². The van der Waals surface area contributed by atoms with E-state index in [-0.39, 0.29) is 23.5 Å². The average molecular weight is 374 g/mol. The number of rotatable bonds is 9. The summed E-state index contributed by atoms with van der Waals surface area (Å²) < 4.78 is 5.11. The molecule has 0 saturated heterocycles. The Morgan fingerprint density at radius 1 is 1.11 bits per heavy atom. The third kappa shape index (κ3) is 4.93. The van der Waals surface area contributed by atoms with Crippen LogP contribution in [0.25, 0.3) is 0 Å². The van der Waals surface area contributed by atoms with Crippen molar-refractivity contribution in [2.75, 3.05) is 13.2 Å². The molecule has 1 aliphatic rings. The number of hydrogen-bond acceptors (Lipinski definition) is 5. The molecule has 1 aromatic rings. The van der Waals surface area contributed by atoms with Crippen molar-refractivity contribution in [2.45, 2.75) is 46.1 Å². The molecule has 0 radical (unpaired) electrons. The lowest BCUT2D eigenvalue weighted by molar-refractivity contribution is -0.152. The number of ether oxygens (including phenoxy) is 1. The number of unbranched alkanes of at least 4 members (excludes halogenated alkanes) is 1. The first-order valence-corrected chi connectivity index (χ1v) is 9.27.